The number of carbonyl (C=O) groups excluding carboxylic acids is 3. The lowest BCUT2D eigenvalue weighted by molar-refractivity contribution is -0.140. The number of likely N-dealkylation sites (tertiary alicyclic amines) is 1. The van der Waals surface area contributed by atoms with E-state index in [0.29, 0.717) is 37.5 Å². The van der Waals surface area contributed by atoms with E-state index in [4.69, 9.17) is 4.74 Å². The van der Waals surface area contributed by atoms with Crippen LogP contribution in [-0.2, 0) is 9.59 Å². The van der Waals surface area contributed by atoms with Crippen molar-refractivity contribution in [2.45, 2.75) is 64.5 Å². The number of carbonyl (C=O) groups is 3. The summed E-state index contributed by atoms with van der Waals surface area (Å²) in [5, 5.41) is 0. The van der Waals surface area contributed by atoms with Gasteiger partial charge in [-0.15, -0.1) is 0 Å². The second-order valence-electron chi connectivity index (χ2n) is 9.49. The van der Waals surface area contributed by atoms with E-state index in [0.717, 1.165) is 38.5 Å². The zero-order valence-electron chi connectivity index (χ0n) is 19.3. The average molecular weight is 442 g/mol. The Labute approximate surface area is 190 Å². The van der Waals surface area contributed by atoms with E-state index in [1.807, 2.05) is 14.7 Å². The maximum Gasteiger partial charge on any atom is 0.260 e. The molecule has 3 amide bonds. The SMILES string of the molecule is CC1CCCC(C)N1C(=O)COc1ccc(C(=O)N2CCN(C(=O)C3CCC3)CC2)cc1. The van der Waals surface area contributed by atoms with Gasteiger partial charge in [0.25, 0.3) is 11.8 Å². The van der Waals surface area contributed by atoms with E-state index in [9.17, 15) is 14.4 Å². The van der Waals surface area contributed by atoms with Gasteiger partial charge in [-0.25, -0.2) is 0 Å². The fraction of sp³-hybridized carbons (Fsp3) is 0.640. The molecule has 0 radical (unpaired) electrons. The van der Waals surface area contributed by atoms with Crippen LogP contribution in [0.5, 0.6) is 5.75 Å². The summed E-state index contributed by atoms with van der Waals surface area (Å²) < 4.78 is 5.72. The van der Waals surface area contributed by atoms with Crippen molar-refractivity contribution in [3.8, 4) is 5.75 Å². The molecule has 3 fully saturated rings. The van der Waals surface area contributed by atoms with Crippen LogP contribution in [0, 0.1) is 5.92 Å². The maximum absolute atomic E-state index is 12.9. The van der Waals surface area contributed by atoms with E-state index in [1.165, 1.54) is 0 Å². The van der Waals surface area contributed by atoms with Gasteiger partial charge >= 0.3 is 0 Å². The molecule has 0 N–H and O–H groups in total. The molecule has 4 rings (SSSR count). The van der Waals surface area contributed by atoms with Crippen LogP contribution < -0.4 is 4.74 Å². The summed E-state index contributed by atoms with van der Waals surface area (Å²) in [5.74, 6) is 1.03. The van der Waals surface area contributed by atoms with Crippen LogP contribution in [0.15, 0.2) is 24.3 Å². The van der Waals surface area contributed by atoms with Crippen LogP contribution in [-0.4, -0.2) is 77.3 Å². The molecule has 2 unspecified atom stereocenters. The van der Waals surface area contributed by atoms with Crippen LogP contribution in [0.3, 0.4) is 0 Å². The Morgan fingerprint density at radius 1 is 0.844 bits per heavy atom. The van der Waals surface area contributed by atoms with E-state index in [-0.39, 0.29) is 42.3 Å². The Balaban J connectivity index is 1.25. The van der Waals surface area contributed by atoms with E-state index < -0.39 is 0 Å². The Morgan fingerprint density at radius 3 is 1.97 bits per heavy atom. The summed E-state index contributed by atoms with van der Waals surface area (Å²) >= 11 is 0. The number of hydrogen-bond donors (Lipinski definition) is 0. The van der Waals surface area contributed by atoms with Gasteiger partial charge in [-0.2, -0.15) is 0 Å². The van der Waals surface area contributed by atoms with Crippen LogP contribution >= 0.6 is 0 Å². The minimum absolute atomic E-state index is 0.0129. The van der Waals surface area contributed by atoms with Crippen molar-refractivity contribution in [1.29, 1.82) is 0 Å². The van der Waals surface area contributed by atoms with Crippen molar-refractivity contribution < 1.29 is 19.1 Å². The van der Waals surface area contributed by atoms with Gasteiger partial charge in [0.1, 0.15) is 5.75 Å². The van der Waals surface area contributed by atoms with Crippen molar-refractivity contribution in [2.75, 3.05) is 32.8 Å². The number of ether oxygens (including phenoxy) is 1. The first-order valence-corrected chi connectivity index (χ1v) is 12.1. The molecule has 0 spiro atoms. The zero-order valence-corrected chi connectivity index (χ0v) is 19.3. The number of nitrogens with zero attached hydrogens (tertiary/aromatic N) is 3. The highest BCUT2D eigenvalue weighted by Crippen LogP contribution is 2.28. The molecule has 2 atom stereocenters. The molecule has 0 bridgehead atoms. The van der Waals surface area contributed by atoms with Crippen LogP contribution in [0.1, 0.15) is 62.7 Å². The van der Waals surface area contributed by atoms with Crippen molar-refractivity contribution in [3.05, 3.63) is 29.8 Å². The molecule has 32 heavy (non-hydrogen) atoms. The molecule has 7 heteroatoms. The lowest BCUT2D eigenvalue weighted by atomic mass is 9.84. The molecule has 0 aromatic heterocycles. The summed E-state index contributed by atoms with van der Waals surface area (Å²) in [6, 6.07) is 7.50. The summed E-state index contributed by atoms with van der Waals surface area (Å²) in [4.78, 5) is 43.5. The van der Waals surface area contributed by atoms with E-state index in [2.05, 4.69) is 13.8 Å². The first-order valence-electron chi connectivity index (χ1n) is 12.1. The highest BCUT2D eigenvalue weighted by atomic mass is 16.5. The number of rotatable bonds is 5. The number of benzene rings is 1. The molecule has 7 nitrogen and oxygen atoms in total. The first-order chi connectivity index (χ1) is 15.4. The second-order valence-corrected chi connectivity index (χ2v) is 9.49. The van der Waals surface area contributed by atoms with Gasteiger partial charge in [-0.05, 0) is 70.2 Å². The highest BCUT2D eigenvalue weighted by molar-refractivity contribution is 5.94. The Bertz CT molecular complexity index is 818. The summed E-state index contributed by atoms with van der Waals surface area (Å²) in [5.41, 5.74) is 0.598. The number of amides is 3. The van der Waals surface area contributed by atoms with Gasteiger partial charge in [-0.3, -0.25) is 14.4 Å². The predicted molar refractivity (Wildman–Crippen MR) is 121 cm³/mol. The van der Waals surface area contributed by atoms with Crippen molar-refractivity contribution in [3.63, 3.8) is 0 Å². The fourth-order valence-corrected chi connectivity index (χ4v) is 5.05. The third kappa shape index (κ3) is 4.92. The predicted octanol–water partition coefficient (Wildman–Crippen LogP) is 2.94. The topological polar surface area (TPSA) is 70.2 Å². The minimum Gasteiger partial charge on any atom is -0.484 e. The number of piperidine rings is 1. The molecular weight excluding hydrogens is 406 g/mol. The molecule has 174 valence electrons. The quantitative estimate of drug-likeness (QED) is 0.705. The standard InChI is InChI=1S/C25H35N3O4/c1-18-5-3-6-19(2)28(18)23(29)17-32-22-11-9-21(10-12-22)25(31)27-15-13-26(14-16-27)24(30)20-7-4-8-20/h9-12,18-20H,3-8,13-17H2,1-2H3. The molecule has 2 saturated heterocycles. The van der Waals surface area contributed by atoms with Crippen molar-refractivity contribution in [2.24, 2.45) is 5.92 Å². The lowest BCUT2D eigenvalue weighted by Gasteiger charge is -2.39. The zero-order chi connectivity index (χ0) is 22.7. The van der Waals surface area contributed by atoms with Crippen molar-refractivity contribution >= 4 is 17.7 Å². The molecular formula is C25H35N3O4. The monoisotopic (exact) mass is 441 g/mol. The Hall–Kier alpha value is -2.57. The highest BCUT2D eigenvalue weighted by Gasteiger charge is 2.32. The van der Waals surface area contributed by atoms with E-state index in [1.54, 1.807) is 24.3 Å². The van der Waals surface area contributed by atoms with Crippen LogP contribution in [0.2, 0.25) is 0 Å². The molecule has 1 aliphatic carbocycles. The van der Waals surface area contributed by atoms with Gasteiger partial charge in [0.2, 0.25) is 5.91 Å². The van der Waals surface area contributed by atoms with Gasteiger partial charge < -0.3 is 19.4 Å². The largest absolute Gasteiger partial charge is 0.484 e. The Morgan fingerprint density at radius 2 is 1.41 bits per heavy atom. The molecule has 1 saturated carbocycles. The molecule has 3 aliphatic rings. The summed E-state index contributed by atoms with van der Waals surface area (Å²) in [6.45, 7) is 6.55. The second kappa shape index (κ2) is 9.92. The normalized spacial score (nSPS) is 24.1. The summed E-state index contributed by atoms with van der Waals surface area (Å²) in [6.07, 6.45) is 6.40. The first kappa shape index (κ1) is 22.6. The molecule has 2 heterocycles. The van der Waals surface area contributed by atoms with Gasteiger partial charge in [0.15, 0.2) is 6.61 Å². The Kier molecular flexibility index (Phi) is 7.01. The number of hydrogen-bond acceptors (Lipinski definition) is 4. The maximum atomic E-state index is 12.9. The average Bonchev–Trinajstić information content (AvgIpc) is 2.76. The number of piperazine rings is 1. The lowest BCUT2D eigenvalue weighted by Crippen LogP contribution is -2.52. The van der Waals surface area contributed by atoms with Gasteiger partial charge in [0.05, 0.1) is 0 Å². The van der Waals surface area contributed by atoms with E-state index >= 15 is 0 Å². The van der Waals surface area contributed by atoms with Gasteiger partial charge in [-0.1, -0.05) is 6.42 Å². The fourth-order valence-electron chi connectivity index (χ4n) is 5.05. The smallest absolute Gasteiger partial charge is 0.260 e. The third-order valence-corrected chi connectivity index (χ3v) is 7.28. The molecule has 2 aliphatic heterocycles. The van der Waals surface area contributed by atoms with Gasteiger partial charge in [0, 0.05) is 49.7 Å². The van der Waals surface area contributed by atoms with Crippen LogP contribution in [0.25, 0.3) is 0 Å². The molecule has 1 aromatic carbocycles. The third-order valence-electron chi connectivity index (χ3n) is 7.28. The minimum atomic E-state index is -0.0284. The van der Waals surface area contributed by atoms with Crippen LogP contribution in [0.4, 0.5) is 0 Å². The van der Waals surface area contributed by atoms with Crippen molar-refractivity contribution in [1.82, 2.24) is 14.7 Å². The summed E-state index contributed by atoms with van der Waals surface area (Å²) in [7, 11) is 0. The molecule has 1 aromatic rings.